The number of non-ortho nitro benzene ring substituents is 1. The van der Waals surface area contributed by atoms with Crippen molar-refractivity contribution in [2.45, 2.75) is 25.4 Å². The molecule has 1 aliphatic rings. The van der Waals surface area contributed by atoms with E-state index in [4.69, 9.17) is 4.74 Å². The Morgan fingerprint density at radius 2 is 2.03 bits per heavy atom. The number of rotatable bonds is 10. The summed E-state index contributed by atoms with van der Waals surface area (Å²) in [5, 5.41) is 19.7. The van der Waals surface area contributed by atoms with E-state index in [0.29, 0.717) is 31.7 Å². The van der Waals surface area contributed by atoms with E-state index >= 15 is 0 Å². The number of hydrogen-bond acceptors (Lipinski definition) is 6. The smallest absolute Gasteiger partial charge is 0.269 e. The fourth-order valence-electron chi connectivity index (χ4n) is 3.48. The number of ether oxygens (including phenoxy) is 1. The SMILES string of the molecule is COCCNC(=NCc1ccc([N+](=O)[O-])cc1)NCC(c1cccs1)N1CCCC1. The second-order valence-electron chi connectivity index (χ2n) is 7.16. The molecule has 0 saturated carbocycles. The number of methoxy groups -OCH3 is 1. The molecule has 0 spiro atoms. The Bertz CT molecular complexity index is 805. The minimum absolute atomic E-state index is 0.0868. The highest BCUT2D eigenvalue weighted by Crippen LogP contribution is 2.27. The molecule has 1 aromatic carbocycles. The third kappa shape index (κ3) is 6.51. The summed E-state index contributed by atoms with van der Waals surface area (Å²) in [6.07, 6.45) is 2.49. The lowest BCUT2D eigenvalue weighted by Gasteiger charge is -2.27. The normalized spacial score (nSPS) is 15.8. The molecule has 1 fully saturated rings. The Hall–Kier alpha value is -2.49. The number of aliphatic imine (C=N–C) groups is 1. The lowest BCUT2D eigenvalue weighted by atomic mass is 10.2. The monoisotopic (exact) mass is 431 g/mol. The molecule has 2 heterocycles. The standard InChI is InChI=1S/C21H29N5O3S/c1-29-13-10-22-21(23-15-17-6-8-18(9-7-17)26(27)28)24-16-19(20-5-4-14-30-20)25-11-2-3-12-25/h4-9,14,19H,2-3,10-13,15-16H2,1H3,(H2,22,23,24). The third-order valence-electron chi connectivity index (χ3n) is 5.08. The molecule has 2 N–H and O–H groups in total. The minimum atomic E-state index is -0.393. The van der Waals surface area contributed by atoms with Gasteiger partial charge in [-0.15, -0.1) is 11.3 Å². The van der Waals surface area contributed by atoms with Crippen LogP contribution < -0.4 is 10.6 Å². The lowest BCUT2D eigenvalue weighted by molar-refractivity contribution is -0.384. The number of guanidine groups is 1. The number of nitrogens with zero attached hydrogens (tertiary/aromatic N) is 3. The van der Waals surface area contributed by atoms with Crippen molar-refractivity contribution in [2.24, 2.45) is 4.99 Å². The number of hydrogen-bond donors (Lipinski definition) is 2. The van der Waals surface area contributed by atoms with Gasteiger partial charge >= 0.3 is 0 Å². The maximum absolute atomic E-state index is 10.8. The molecule has 3 rings (SSSR count). The Balaban J connectivity index is 1.65. The van der Waals surface area contributed by atoms with Crippen LogP contribution in [0.5, 0.6) is 0 Å². The Labute approximate surface area is 181 Å². The van der Waals surface area contributed by atoms with Crippen molar-refractivity contribution in [3.8, 4) is 0 Å². The summed E-state index contributed by atoms with van der Waals surface area (Å²) < 4.78 is 5.14. The van der Waals surface area contributed by atoms with E-state index in [1.54, 1.807) is 30.6 Å². The molecule has 0 bridgehead atoms. The Morgan fingerprint density at radius 1 is 1.27 bits per heavy atom. The zero-order valence-electron chi connectivity index (χ0n) is 17.3. The summed E-state index contributed by atoms with van der Waals surface area (Å²) in [6.45, 7) is 4.68. The van der Waals surface area contributed by atoms with Crippen LogP contribution in [0.25, 0.3) is 0 Å². The zero-order chi connectivity index (χ0) is 21.2. The van der Waals surface area contributed by atoms with Gasteiger partial charge in [0.05, 0.1) is 24.1 Å². The molecule has 0 radical (unpaired) electrons. The van der Waals surface area contributed by atoms with E-state index in [2.05, 4.69) is 38.0 Å². The van der Waals surface area contributed by atoms with Gasteiger partial charge in [0.15, 0.2) is 5.96 Å². The molecular weight excluding hydrogens is 402 g/mol. The lowest BCUT2D eigenvalue weighted by Crippen LogP contribution is -2.43. The average Bonchev–Trinajstić information content (AvgIpc) is 3.47. The fraction of sp³-hybridized carbons (Fsp3) is 0.476. The van der Waals surface area contributed by atoms with Gasteiger partial charge in [0.1, 0.15) is 0 Å². The van der Waals surface area contributed by atoms with Gasteiger partial charge in [-0.2, -0.15) is 0 Å². The molecule has 162 valence electrons. The van der Waals surface area contributed by atoms with Gasteiger partial charge in [-0.25, -0.2) is 4.99 Å². The predicted molar refractivity (Wildman–Crippen MR) is 120 cm³/mol. The van der Waals surface area contributed by atoms with Crippen molar-refractivity contribution < 1.29 is 9.66 Å². The molecule has 30 heavy (non-hydrogen) atoms. The van der Waals surface area contributed by atoms with Crippen LogP contribution in [0.15, 0.2) is 46.8 Å². The van der Waals surface area contributed by atoms with E-state index in [9.17, 15) is 10.1 Å². The Kier molecular flexibility index (Phi) is 8.61. The van der Waals surface area contributed by atoms with Crippen LogP contribution in [-0.2, 0) is 11.3 Å². The maximum Gasteiger partial charge on any atom is 0.269 e. The van der Waals surface area contributed by atoms with Crippen LogP contribution in [0.3, 0.4) is 0 Å². The van der Waals surface area contributed by atoms with Gasteiger partial charge < -0.3 is 15.4 Å². The van der Waals surface area contributed by atoms with Crippen molar-refractivity contribution in [1.29, 1.82) is 0 Å². The molecule has 1 atom stereocenters. The first-order valence-electron chi connectivity index (χ1n) is 10.2. The van der Waals surface area contributed by atoms with Crippen LogP contribution in [0.4, 0.5) is 5.69 Å². The topological polar surface area (TPSA) is 92.0 Å². The van der Waals surface area contributed by atoms with Crippen LogP contribution in [0.1, 0.15) is 29.3 Å². The van der Waals surface area contributed by atoms with Crippen molar-refractivity contribution in [3.05, 3.63) is 62.3 Å². The largest absolute Gasteiger partial charge is 0.383 e. The number of benzene rings is 1. The molecule has 1 aliphatic heterocycles. The summed E-state index contributed by atoms with van der Waals surface area (Å²) in [4.78, 5) is 19.0. The first kappa shape index (κ1) is 22.2. The maximum atomic E-state index is 10.8. The zero-order valence-corrected chi connectivity index (χ0v) is 18.1. The minimum Gasteiger partial charge on any atom is -0.383 e. The van der Waals surface area contributed by atoms with Gasteiger partial charge in [-0.3, -0.25) is 15.0 Å². The highest BCUT2D eigenvalue weighted by Gasteiger charge is 2.24. The van der Waals surface area contributed by atoms with Crippen LogP contribution >= 0.6 is 11.3 Å². The molecule has 2 aromatic rings. The van der Waals surface area contributed by atoms with Gasteiger partial charge in [0.25, 0.3) is 5.69 Å². The molecule has 1 aromatic heterocycles. The molecule has 1 saturated heterocycles. The predicted octanol–water partition coefficient (Wildman–Crippen LogP) is 3.18. The van der Waals surface area contributed by atoms with Crippen molar-refractivity contribution >= 4 is 23.0 Å². The Morgan fingerprint density at radius 3 is 2.67 bits per heavy atom. The molecular formula is C21H29N5O3S. The average molecular weight is 432 g/mol. The summed E-state index contributed by atoms with van der Waals surface area (Å²) in [5.74, 6) is 0.714. The van der Waals surface area contributed by atoms with Crippen LogP contribution in [-0.4, -0.2) is 55.7 Å². The molecule has 9 heteroatoms. The number of thiophene rings is 1. The van der Waals surface area contributed by atoms with E-state index in [1.807, 2.05) is 0 Å². The molecule has 1 unspecified atom stereocenters. The number of nitro groups is 1. The van der Waals surface area contributed by atoms with Gasteiger partial charge in [-0.1, -0.05) is 18.2 Å². The van der Waals surface area contributed by atoms with Gasteiger partial charge in [0, 0.05) is 37.2 Å². The van der Waals surface area contributed by atoms with Crippen molar-refractivity contribution in [2.75, 3.05) is 39.9 Å². The molecule has 0 amide bonds. The second-order valence-corrected chi connectivity index (χ2v) is 8.14. The highest BCUT2D eigenvalue weighted by molar-refractivity contribution is 7.10. The van der Waals surface area contributed by atoms with E-state index in [-0.39, 0.29) is 5.69 Å². The first-order chi connectivity index (χ1) is 14.7. The van der Waals surface area contributed by atoms with Gasteiger partial charge in [0.2, 0.25) is 0 Å². The number of likely N-dealkylation sites (tertiary alicyclic amines) is 1. The van der Waals surface area contributed by atoms with E-state index < -0.39 is 4.92 Å². The third-order valence-corrected chi connectivity index (χ3v) is 6.05. The first-order valence-corrected chi connectivity index (χ1v) is 11.1. The summed E-state index contributed by atoms with van der Waals surface area (Å²) in [5.41, 5.74) is 1.01. The summed E-state index contributed by atoms with van der Waals surface area (Å²) in [6, 6.07) is 11.1. The van der Waals surface area contributed by atoms with Crippen molar-refractivity contribution in [3.63, 3.8) is 0 Å². The van der Waals surface area contributed by atoms with Gasteiger partial charge in [-0.05, 0) is 42.9 Å². The van der Waals surface area contributed by atoms with Crippen LogP contribution in [0, 0.1) is 10.1 Å². The highest BCUT2D eigenvalue weighted by atomic mass is 32.1. The number of nitrogens with one attached hydrogen (secondary N) is 2. The van der Waals surface area contributed by atoms with E-state index in [0.717, 1.165) is 25.2 Å². The van der Waals surface area contributed by atoms with Crippen LogP contribution in [0.2, 0.25) is 0 Å². The summed E-state index contributed by atoms with van der Waals surface area (Å²) in [7, 11) is 1.67. The quantitative estimate of drug-likeness (QED) is 0.197. The fourth-order valence-corrected chi connectivity index (χ4v) is 4.34. The second kappa shape index (κ2) is 11.6. The number of nitro benzene ring substituents is 1. The molecule has 0 aliphatic carbocycles. The molecule has 8 nitrogen and oxygen atoms in total. The van der Waals surface area contributed by atoms with Crippen molar-refractivity contribution in [1.82, 2.24) is 15.5 Å². The van der Waals surface area contributed by atoms with E-state index in [1.165, 1.54) is 29.9 Å². The summed E-state index contributed by atoms with van der Waals surface area (Å²) >= 11 is 1.79.